The maximum Gasteiger partial charge on any atom is 0.492 e. The van der Waals surface area contributed by atoms with Crippen LogP contribution < -0.4 is 10.8 Å². The molecule has 0 aliphatic carbocycles. The van der Waals surface area contributed by atoms with E-state index >= 15 is 0 Å². The van der Waals surface area contributed by atoms with Crippen LogP contribution in [0.1, 0.15) is 31.4 Å². The third-order valence-electron chi connectivity index (χ3n) is 4.53. The van der Waals surface area contributed by atoms with Gasteiger partial charge in [0.15, 0.2) is 0 Å². The standard InChI is InChI=1S/C16H19BN2O2S/c1-16(2)12-7-10(3-4-13(12)17(20)21-16)15-18-8-11-9-22-6-5-14(11)19-15/h3-4,7,20H,5-6,8-9H2,1-2H3,(H,18,19). The van der Waals surface area contributed by atoms with E-state index in [1.165, 1.54) is 11.3 Å². The number of thioether (sulfide) groups is 1. The lowest BCUT2D eigenvalue weighted by atomic mass is 9.77. The zero-order valence-corrected chi connectivity index (χ0v) is 13.7. The lowest BCUT2D eigenvalue weighted by molar-refractivity contribution is 0.101. The summed E-state index contributed by atoms with van der Waals surface area (Å²) in [4.78, 5) is 4.83. The van der Waals surface area contributed by atoms with Crippen molar-refractivity contribution < 1.29 is 9.68 Å². The van der Waals surface area contributed by atoms with Crippen LogP contribution in [0.25, 0.3) is 0 Å². The van der Waals surface area contributed by atoms with Gasteiger partial charge in [-0.05, 0) is 48.7 Å². The largest absolute Gasteiger partial charge is 0.492 e. The van der Waals surface area contributed by atoms with Gasteiger partial charge in [-0.25, -0.2) is 4.99 Å². The lowest BCUT2D eigenvalue weighted by Gasteiger charge is -2.25. The summed E-state index contributed by atoms with van der Waals surface area (Å²) in [6, 6.07) is 6.07. The molecule has 1 aromatic carbocycles. The van der Waals surface area contributed by atoms with E-state index in [9.17, 15) is 5.02 Å². The SMILES string of the molecule is CC1(C)OB(O)c2ccc(C3=NC4=C(CN3)CSCC4)cc21. The highest BCUT2D eigenvalue weighted by molar-refractivity contribution is 7.99. The van der Waals surface area contributed by atoms with Gasteiger partial charge in [0.25, 0.3) is 0 Å². The first-order valence-corrected chi connectivity index (χ1v) is 8.82. The van der Waals surface area contributed by atoms with Crippen molar-refractivity contribution in [3.8, 4) is 0 Å². The number of aliphatic imine (C=N–C) groups is 1. The molecule has 6 heteroatoms. The summed E-state index contributed by atoms with van der Waals surface area (Å²) >= 11 is 1.98. The van der Waals surface area contributed by atoms with Crippen molar-refractivity contribution >= 4 is 30.2 Å². The monoisotopic (exact) mass is 314 g/mol. The van der Waals surface area contributed by atoms with Crippen molar-refractivity contribution in [2.24, 2.45) is 4.99 Å². The van der Waals surface area contributed by atoms with E-state index < -0.39 is 12.7 Å². The van der Waals surface area contributed by atoms with Crippen molar-refractivity contribution in [3.63, 3.8) is 0 Å². The van der Waals surface area contributed by atoms with Gasteiger partial charge in [0, 0.05) is 23.6 Å². The number of benzene rings is 1. The average Bonchev–Trinajstić information content (AvgIpc) is 2.76. The summed E-state index contributed by atoms with van der Waals surface area (Å²) < 4.78 is 5.63. The number of hydrogen-bond donors (Lipinski definition) is 2. The number of fused-ring (bicyclic) bond motifs is 1. The van der Waals surface area contributed by atoms with Crippen molar-refractivity contribution in [1.82, 2.24) is 5.32 Å². The molecule has 114 valence electrons. The van der Waals surface area contributed by atoms with Crippen LogP contribution in [-0.2, 0) is 10.3 Å². The molecule has 2 N–H and O–H groups in total. The molecule has 3 heterocycles. The lowest BCUT2D eigenvalue weighted by Crippen LogP contribution is -2.33. The summed E-state index contributed by atoms with van der Waals surface area (Å²) in [6.45, 7) is 4.86. The van der Waals surface area contributed by atoms with Gasteiger partial charge >= 0.3 is 7.12 Å². The molecular formula is C16H19BN2O2S. The second-order valence-corrected chi connectivity index (χ2v) is 7.55. The summed E-state index contributed by atoms with van der Waals surface area (Å²) in [7, 11) is -0.829. The zero-order valence-electron chi connectivity index (χ0n) is 12.8. The Bertz CT molecular complexity index is 699. The quantitative estimate of drug-likeness (QED) is 0.769. The molecule has 1 aromatic rings. The highest BCUT2D eigenvalue weighted by Gasteiger charge is 2.40. The number of allylic oxidation sites excluding steroid dienone is 1. The van der Waals surface area contributed by atoms with Crippen molar-refractivity contribution in [2.75, 3.05) is 18.1 Å². The molecule has 0 unspecified atom stereocenters. The first kappa shape index (κ1) is 14.4. The maximum absolute atomic E-state index is 9.99. The third kappa shape index (κ3) is 2.30. The second kappa shape index (κ2) is 5.15. The molecule has 0 fully saturated rings. The first-order valence-electron chi connectivity index (χ1n) is 7.66. The van der Waals surface area contributed by atoms with Gasteiger partial charge in [-0.1, -0.05) is 12.1 Å². The molecule has 0 radical (unpaired) electrons. The summed E-state index contributed by atoms with van der Waals surface area (Å²) in [6.07, 6.45) is 1.06. The summed E-state index contributed by atoms with van der Waals surface area (Å²) in [5.41, 5.74) is 5.18. The molecule has 4 nitrogen and oxygen atoms in total. The van der Waals surface area contributed by atoms with Gasteiger partial charge in [0.2, 0.25) is 0 Å². The van der Waals surface area contributed by atoms with Crippen LogP contribution in [0.2, 0.25) is 0 Å². The molecule has 0 saturated heterocycles. The Morgan fingerprint density at radius 1 is 1.41 bits per heavy atom. The molecule has 0 amide bonds. The van der Waals surface area contributed by atoms with Gasteiger partial charge < -0.3 is 15.0 Å². The normalized spacial score (nSPS) is 22.9. The predicted molar refractivity (Wildman–Crippen MR) is 91.7 cm³/mol. The predicted octanol–water partition coefficient (Wildman–Crippen LogP) is 1.38. The van der Waals surface area contributed by atoms with Crippen LogP contribution in [0.5, 0.6) is 0 Å². The summed E-state index contributed by atoms with van der Waals surface area (Å²) in [5.74, 6) is 3.19. The molecule has 0 atom stereocenters. The molecule has 4 rings (SSSR count). The molecule has 3 aliphatic rings. The average molecular weight is 314 g/mol. The minimum absolute atomic E-state index is 0.466. The van der Waals surface area contributed by atoms with E-state index in [-0.39, 0.29) is 0 Å². The minimum atomic E-state index is -0.829. The Morgan fingerprint density at radius 2 is 2.27 bits per heavy atom. The van der Waals surface area contributed by atoms with E-state index in [4.69, 9.17) is 9.65 Å². The van der Waals surface area contributed by atoms with Crippen LogP contribution in [0.3, 0.4) is 0 Å². The van der Waals surface area contributed by atoms with E-state index in [2.05, 4.69) is 11.4 Å². The Labute approximate surface area is 135 Å². The number of hydrogen-bond acceptors (Lipinski definition) is 5. The molecule has 0 saturated carbocycles. The van der Waals surface area contributed by atoms with Gasteiger partial charge in [-0.2, -0.15) is 11.8 Å². The van der Waals surface area contributed by atoms with Crippen LogP contribution in [-0.4, -0.2) is 36.0 Å². The van der Waals surface area contributed by atoms with Gasteiger partial charge in [-0.3, -0.25) is 0 Å². The van der Waals surface area contributed by atoms with Crippen LogP contribution in [0.4, 0.5) is 0 Å². The van der Waals surface area contributed by atoms with E-state index in [1.54, 1.807) is 0 Å². The summed E-state index contributed by atoms with van der Waals surface area (Å²) in [5, 5.41) is 13.4. The number of amidine groups is 1. The third-order valence-corrected chi connectivity index (χ3v) is 5.58. The molecule has 0 aromatic heterocycles. The Balaban J connectivity index is 1.73. The Kier molecular flexibility index (Phi) is 3.36. The Hall–Kier alpha value is -1.24. The fraction of sp³-hybridized carbons (Fsp3) is 0.438. The van der Waals surface area contributed by atoms with E-state index in [0.717, 1.165) is 46.9 Å². The van der Waals surface area contributed by atoms with Crippen LogP contribution >= 0.6 is 11.8 Å². The molecule has 22 heavy (non-hydrogen) atoms. The Morgan fingerprint density at radius 3 is 3.14 bits per heavy atom. The smallest absolute Gasteiger partial charge is 0.423 e. The minimum Gasteiger partial charge on any atom is -0.423 e. The molecule has 3 aliphatic heterocycles. The number of nitrogens with zero attached hydrogens (tertiary/aromatic N) is 1. The van der Waals surface area contributed by atoms with Gasteiger partial charge in [0.1, 0.15) is 5.84 Å². The highest BCUT2D eigenvalue weighted by Crippen LogP contribution is 2.31. The van der Waals surface area contributed by atoms with Gasteiger partial charge in [0.05, 0.1) is 5.60 Å². The first-order chi connectivity index (χ1) is 10.5. The van der Waals surface area contributed by atoms with Crippen LogP contribution in [0.15, 0.2) is 34.5 Å². The van der Waals surface area contributed by atoms with Crippen molar-refractivity contribution in [3.05, 3.63) is 40.6 Å². The molecular weight excluding hydrogens is 295 g/mol. The zero-order chi connectivity index (χ0) is 15.3. The van der Waals surface area contributed by atoms with Crippen LogP contribution in [0, 0.1) is 0 Å². The highest BCUT2D eigenvalue weighted by atomic mass is 32.2. The van der Waals surface area contributed by atoms with Crippen molar-refractivity contribution in [1.29, 1.82) is 0 Å². The number of rotatable bonds is 1. The van der Waals surface area contributed by atoms with Crippen molar-refractivity contribution in [2.45, 2.75) is 25.9 Å². The fourth-order valence-electron chi connectivity index (χ4n) is 3.29. The molecule has 0 bridgehead atoms. The maximum atomic E-state index is 9.99. The van der Waals surface area contributed by atoms with E-state index in [0.29, 0.717) is 0 Å². The number of nitrogens with one attached hydrogen (secondary N) is 1. The topological polar surface area (TPSA) is 53.9 Å². The van der Waals surface area contributed by atoms with E-state index in [1.807, 2.05) is 37.7 Å². The second-order valence-electron chi connectivity index (χ2n) is 6.45. The fourth-order valence-corrected chi connectivity index (χ4v) is 4.29. The molecule has 0 spiro atoms. The van der Waals surface area contributed by atoms with Gasteiger partial charge in [-0.15, -0.1) is 0 Å².